The lowest BCUT2D eigenvalue weighted by Gasteiger charge is -2.18. The first-order chi connectivity index (χ1) is 12.4. The van der Waals surface area contributed by atoms with Gasteiger partial charge in [-0.15, -0.1) is 0 Å². The number of carbonyl (C=O) groups excluding carboxylic acids is 2. The van der Waals surface area contributed by atoms with Crippen molar-refractivity contribution in [1.82, 2.24) is 0 Å². The first kappa shape index (κ1) is 19.5. The summed E-state index contributed by atoms with van der Waals surface area (Å²) in [5, 5.41) is 2.86. The quantitative estimate of drug-likeness (QED) is 0.753. The number of ether oxygens (including phenoxy) is 2. The molecule has 1 atom stereocenters. The summed E-state index contributed by atoms with van der Waals surface area (Å²) in [6, 6.07) is 12.7. The number of hydrogen-bond acceptors (Lipinski definition) is 4. The number of amides is 1. The Hall–Kier alpha value is -2.82. The van der Waals surface area contributed by atoms with Crippen molar-refractivity contribution in [3.8, 4) is 5.75 Å². The van der Waals surface area contributed by atoms with Gasteiger partial charge in [-0.25, -0.2) is 4.79 Å². The van der Waals surface area contributed by atoms with Gasteiger partial charge in [-0.3, -0.25) is 4.79 Å². The molecule has 1 N–H and O–H groups in total. The van der Waals surface area contributed by atoms with Crippen LogP contribution in [0.25, 0.3) is 0 Å². The predicted molar refractivity (Wildman–Crippen MR) is 102 cm³/mol. The molecule has 0 aliphatic heterocycles. The summed E-state index contributed by atoms with van der Waals surface area (Å²) in [4.78, 5) is 24.5. The van der Waals surface area contributed by atoms with E-state index in [1.54, 1.807) is 25.1 Å². The molecule has 0 saturated carbocycles. The predicted octanol–water partition coefficient (Wildman–Crippen LogP) is 4.28. The summed E-state index contributed by atoms with van der Waals surface area (Å²) in [6.45, 7) is 7.78. The Labute approximate surface area is 154 Å². The highest BCUT2D eigenvalue weighted by Gasteiger charge is 2.20. The van der Waals surface area contributed by atoms with Crippen molar-refractivity contribution in [3.63, 3.8) is 0 Å². The van der Waals surface area contributed by atoms with Crippen molar-refractivity contribution < 1.29 is 19.1 Å². The monoisotopic (exact) mass is 355 g/mol. The molecular formula is C21H25NO4. The van der Waals surface area contributed by atoms with Crippen LogP contribution >= 0.6 is 0 Å². The molecule has 0 radical (unpaired) electrons. The third kappa shape index (κ3) is 5.09. The lowest BCUT2D eigenvalue weighted by molar-refractivity contribution is -0.122. The van der Waals surface area contributed by atoms with Crippen molar-refractivity contribution in [3.05, 3.63) is 59.2 Å². The van der Waals surface area contributed by atoms with Gasteiger partial charge in [0.25, 0.3) is 5.91 Å². The second kappa shape index (κ2) is 9.04. The van der Waals surface area contributed by atoms with Crippen LogP contribution in [-0.4, -0.2) is 24.6 Å². The van der Waals surface area contributed by atoms with Crippen LogP contribution in [0, 0.1) is 13.8 Å². The van der Waals surface area contributed by atoms with Crippen LogP contribution in [0.2, 0.25) is 0 Å². The Kier molecular flexibility index (Phi) is 6.78. The summed E-state index contributed by atoms with van der Waals surface area (Å²) in [5.41, 5.74) is 2.90. The largest absolute Gasteiger partial charge is 0.481 e. The average Bonchev–Trinajstić information content (AvgIpc) is 2.61. The molecule has 0 aromatic heterocycles. The average molecular weight is 355 g/mol. The van der Waals surface area contributed by atoms with E-state index in [9.17, 15) is 9.59 Å². The molecule has 0 saturated heterocycles. The second-order valence-corrected chi connectivity index (χ2v) is 6.07. The fourth-order valence-electron chi connectivity index (χ4n) is 2.49. The number of aryl methyl sites for hydroxylation is 2. The second-order valence-electron chi connectivity index (χ2n) is 6.07. The van der Waals surface area contributed by atoms with Crippen LogP contribution in [0.4, 0.5) is 5.69 Å². The van der Waals surface area contributed by atoms with Gasteiger partial charge in [-0.1, -0.05) is 25.1 Å². The Balaban J connectivity index is 2.14. The van der Waals surface area contributed by atoms with Crippen LogP contribution in [0.3, 0.4) is 0 Å². The van der Waals surface area contributed by atoms with E-state index < -0.39 is 12.1 Å². The van der Waals surface area contributed by atoms with Crippen molar-refractivity contribution >= 4 is 17.6 Å². The SMILES string of the molecule is CCOC(=O)c1ccc(C)c(NC(=O)[C@H](CC)Oc2cccc(C)c2)c1. The molecule has 0 aliphatic carbocycles. The molecular weight excluding hydrogens is 330 g/mol. The molecule has 5 nitrogen and oxygen atoms in total. The van der Waals surface area contributed by atoms with E-state index in [1.807, 2.05) is 45.0 Å². The van der Waals surface area contributed by atoms with Gasteiger partial charge in [-0.05, 0) is 62.6 Å². The fourth-order valence-corrected chi connectivity index (χ4v) is 2.49. The van der Waals surface area contributed by atoms with Gasteiger partial charge in [0.1, 0.15) is 5.75 Å². The number of nitrogens with one attached hydrogen (secondary N) is 1. The van der Waals surface area contributed by atoms with Crippen LogP contribution in [0.5, 0.6) is 5.75 Å². The smallest absolute Gasteiger partial charge is 0.338 e. The molecule has 0 unspecified atom stereocenters. The normalized spacial score (nSPS) is 11.5. The molecule has 0 spiro atoms. The first-order valence-electron chi connectivity index (χ1n) is 8.76. The van der Waals surface area contributed by atoms with Crippen molar-refractivity contribution in [2.45, 2.75) is 40.2 Å². The number of benzene rings is 2. The minimum Gasteiger partial charge on any atom is -0.481 e. The number of carbonyl (C=O) groups is 2. The highest BCUT2D eigenvalue weighted by Crippen LogP contribution is 2.20. The number of anilines is 1. The van der Waals surface area contributed by atoms with Crippen LogP contribution in [0.15, 0.2) is 42.5 Å². The van der Waals surface area contributed by atoms with Gasteiger partial charge in [0.15, 0.2) is 6.10 Å². The maximum Gasteiger partial charge on any atom is 0.338 e. The minimum absolute atomic E-state index is 0.252. The molecule has 0 aliphatic rings. The van der Waals surface area contributed by atoms with Crippen molar-refractivity contribution in [2.75, 3.05) is 11.9 Å². The maximum absolute atomic E-state index is 12.6. The first-order valence-corrected chi connectivity index (χ1v) is 8.76. The molecule has 0 bridgehead atoms. The zero-order chi connectivity index (χ0) is 19.1. The molecule has 2 aromatic carbocycles. The molecule has 1 amide bonds. The van der Waals surface area contributed by atoms with Gasteiger partial charge in [0, 0.05) is 5.69 Å². The Morgan fingerprint density at radius 1 is 1.08 bits per heavy atom. The molecule has 26 heavy (non-hydrogen) atoms. The summed E-state index contributed by atoms with van der Waals surface area (Å²) in [5.74, 6) is -0.00633. The third-order valence-corrected chi connectivity index (χ3v) is 3.94. The molecule has 138 valence electrons. The lowest BCUT2D eigenvalue weighted by Crippen LogP contribution is -2.32. The number of hydrogen-bond donors (Lipinski definition) is 1. The van der Waals surface area contributed by atoms with E-state index in [2.05, 4.69) is 5.32 Å². The maximum atomic E-state index is 12.6. The summed E-state index contributed by atoms with van der Waals surface area (Å²) in [6.07, 6.45) is -0.0985. The third-order valence-electron chi connectivity index (χ3n) is 3.94. The number of esters is 1. The molecule has 5 heteroatoms. The molecule has 0 fully saturated rings. The van der Waals surface area contributed by atoms with Gasteiger partial charge in [0.05, 0.1) is 12.2 Å². The van der Waals surface area contributed by atoms with E-state index in [4.69, 9.17) is 9.47 Å². The Morgan fingerprint density at radius 3 is 2.50 bits per heavy atom. The molecule has 2 rings (SSSR count). The van der Waals surface area contributed by atoms with E-state index >= 15 is 0 Å². The zero-order valence-electron chi connectivity index (χ0n) is 15.7. The van der Waals surface area contributed by atoms with E-state index in [0.717, 1.165) is 11.1 Å². The van der Waals surface area contributed by atoms with Crippen LogP contribution in [0.1, 0.15) is 41.8 Å². The summed E-state index contributed by atoms with van der Waals surface area (Å²) in [7, 11) is 0. The zero-order valence-corrected chi connectivity index (χ0v) is 15.7. The minimum atomic E-state index is -0.623. The Morgan fingerprint density at radius 2 is 1.85 bits per heavy atom. The Bertz CT molecular complexity index is 785. The summed E-state index contributed by atoms with van der Waals surface area (Å²) >= 11 is 0. The standard InChI is InChI=1S/C21H25NO4/c1-5-19(26-17-9-7-8-14(3)12-17)20(23)22-18-13-16(11-10-15(18)4)21(24)25-6-2/h7-13,19H,5-6H2,1-4H3,(H,22,23)/t19-/m0/s1. The van der Waals surface area contributed by atoms with Crippen LogP contribution in [-0.2, 0) is 9.53 Å². The van der Waals surface area contributed by atoms with Crippen molar-refractivity contribution in [1.29, 1.82) is 0 Å². The fraction of sp³-hybridized carbons (Fsp3) is 0.333. The summed E-state index contributed by atoms with van der Waals surface area (Å²) < 4.78 is 10.8. The highest BCUT2D eigenvalue weighted by atomic mass is 16.5. The van der Waals surface area contributed by atoms with Crippen LogP contribution < -0.4 is 10.1 Å². The van der Waals surface area contributed by atoms with Gasteiger partial charge in [-0.2, -0.15) is 0 Å². The number of rotatable bonds is 7. The molecule has 2 aromatic rings. The molecule has 0 heterocycles. The topological polar surface area (TPSA) is 64.6 Å². The van der Waals surface area contributed by atoms with Crippen molar-refractivity contribution in [2.24, 2.45) is 0 Å². The van der Waals surface area contributed by atoms with E-state index in [-0.39, 0.29) is 5.91 Å². The van der Waals surface area contributed by atoms with Gasteiger partial charge < -0.3 is 14.8 Å². The van der Waals surface area contributed by atoms with Gasteiger partial charge >= 0.3 is 5.97 Å². The van der Waals surface area contributed by atoms with Gasteiger partial charge in [0.2, 0.25) is 0 Å². The lowest BCUT2D eigenvalue weighted by atomic mass is 10.1. The highest BCUT2D eigenvalue weighted by molar-refractivity contribution is 5.97. The van der Waals surface area contributed by atoms with E-state index in [0.29, 0.717) is 30.0 Å². The van der Waals surface area contributed by atoms with E-state index in [1.165, 1.54) is 0 Å².